The number of carbonyl (C=O) groups is 2. The molecular weight excluding hydrogens is 414 g/mol. The van der Waals surface area contributed by atoms with Gasteiger partial charge in [0.25, 0.3) is 20.2 Å². The Kier molecular flexibility index (Phi) is 5.42. The van der Waals surface area contributed by atoms with E-state index in [1.807, 2.05) is 0 Å². The Morgan fingerprint density at radius 1 is 0.741 bits per heavy atom. The smallest absolute Gasteiger partial charge is 0.349 e. The Morgan fingerprint density at radius 3 is 1.37 bits per heavy atom. The SMILES string of the molecule is O=C(OC(=O)c1cccc(S(=O)(=O)O)c1F)c1cccc(S(=O)(=O)O)c1F. The fraction of sp³-hybridized carbons (Fsp3) is 0. The van der Waals surface area contributed by atoms with Crippen molar-refractivity contribution in [3.63, 3.8) is 0 Å². The van der Waals surface area contributed by atoms with Crippen LogP contribution >= 0.6 is 0 Å². The Hall–Kier alpha value is -2.74. The molecule has 0 heterocycles. The number of benzene rings is 2. The summed E-state index contributed by atoms with van der Waals surface area (Å²) in [6.07, 6.45) is 0. The van der Waals surface area contributed by atoms with Gasteiger partial charge in [-0.05, 0) is 24.3 Å². The number of ether oxygens (including phenoxy) is 1. The van der Waals surface area contributed by atoms with Gasteiger partial charge in [0.15, 0.2) is 11.6 Å². The fourth-order valence-corrected chi connectivity index (χ4v) is 3.10. The summed E-state index contributed by atoms with van der Waals surface area (Å²) >= 11 is 0. The summed E-state index contributed by atoms with van der Waals surface area (Å²) in [7, 11) is -10.0. The maximum absolute atomic E-state index is 14.0. The molecule has 0 radical (unpaired) electrons. The third-order valence-electron chi connectivity index (χ3n) is 3.11. The second-order valence-corrected chi connectivity index (χ2v) is 7.64. The van der Waals surface area contributed by atoms with Crippen LogP contribution in [0.5, 0.6) is 0 Å². The van der Waals surface area contributed by atoms with Crippen LogP contribution in [-0.2, 0) is 25.0 Å². The van der Waals surface area contributed by atoms with E-state index < -0.39 is 64.7 Å². The van der Waals surface area contributed by atoms with E-state index in [9.17, 15) is 35.2 Å². The van der Waals surface area contributed by atoms with Crippen molar-refractivity contribution < 1.29 is 49.0 Å². The zero-order valence-corrected chi connectivity index (χ0v) is 14.4. The van der Waals surface area contributed by atoms with Crippen molar-refractivity contribution in [2.24, 2.45) is 0 Å². The minimum absolute atomic E-state index is 0.637. The summed E-state index contributed by atoms with van der Waals surface area (Å²) < 4.78 is 94.1. The molecule has 0 aliphatic rings. The molecule has 2 N–H and O–H groups in total. The van der Waals surface area contributed by atoms with Gasteiger partial charge in [-0.25, -0.2) is 18.4 Å². The van der Waals surface area contributed by atoms with Crippen molar-refractivity contribution >= 4 is 32.2 Å². The van der Waals surface area contributed by atoms with Gasteiger partial charge in [-0.1, -0.05) is 12.1 Å². The van der Waals surface area contributed by atoms with Crippen LogP contribution in [0.3, 0.4) is 0 Å². The highest BCUT2D eigenvalue weighted by molar-refractivity contribution is 7.86. The lowest BCUT2D eigenvalue weighted by Crippen LogP contribution is -2.17. The van der Waals surface area contributed by atoms with Gasteiger partial charge in [0, 0.05) is 0 Å². The molecular formula is C14H8F2O9S2. The predicted octanol–water partition coefficient (Wildman–Crippen LogP) is 1.46. The molecule has 27 heavy (non-hydrogen) atoms. The predicted molar refractivity (Wildman–Crippen MR) is 82.2 cm³/mol. The maximum atomic E-state index is 14.0. The summed E-state index contributed by atoms with van der Waals surface area (Å²) in [4.78, 5) is 21.2. The van der Waals surface area contributed by atoms with Crippen molar-refractivity contribution in [3.8, 4) is 0 Å². The summed E-state index contributed by atoms with van der Waals surface area (Å²) in [6.45, 7) is 0. The van der Waals surface area contributed by atoms with E-state index in [-0.39, 0.29) is 0 Å². The minimum Gasteiger partial charge on any atom is -0.386 e. The van der Waals surface area contributed by atoms with E-state index in [0.717, 1.165) is 24.3 Å². The first-order valence-electron chi connectivity index (χ1n) is 6.62. The lowest BCUT2D eigenvalue weighted by atomic mass is 10.2. The molecule has 0 bridgehead atoms. The molecule has 0 amide bonds. The van der Waals surface area contributed by atoms with Gasteiger partial charge in [0.2, 0.25) is 0 Å². The Bertz CT molecular complexity index is 1060. The van der Waals surface area contributed by atoms with Crippen LogP contribution in [0.25, 0.3) is 0 Å². The van der Waals surface area contributed by atoms with Crippen molar-refractivity contribution in [1.82, 2.24) is 0 Å². The Balaban J connectivity index is 2.40. The molecule has 0 aliphatic heterocycles. The normalized spacial score (nSPS) is 11.9. The van der Waals surface area contributed by atoms with Gasteiger partial charge in [0.05, 0.1) is 11.1 Å². The van der Waals surface area contributed by atoms with Crippen LogP contribution in [0.15, 0.2) is 46.2 Å². The number of carbonyl (C=O) groups excluding carboxylic acids is 2. The van der Waals surface area contributed by atoms with Crippen molar-refractivity contribution in [2.75, 3.05) is 0 Å². The van der Waals surface area contributed by atoms with Crippen LogP contribution in [0.2, 0.25) is 0 Å². The quantitative estimate of drug-likeness (QED) is 0.423. The molecule has 0 atom stereocenters. The first-order valence-corrected chi connectivity index (χ1v) is 9.50. The van der Waals surface area contributed by atoms with Crippen LogP contribution in [0, 0.1) is 11.6 Å². The summed E-state index contributed by atoms with van der Waals surface area (Å²) in [5.74, 6) is -6.91. The van der Waals surface area contributed by atoms with Gasteiger partial charge in [-0.2, -0.15) is 16.8 Å². The summed E-state index contributed by atoms with van der Waals surface area (Å²) in [5.41, 5.74) is -2.13. The molecule has 0 aromatic heterocycles. The average Bonchev–Trinajstić information content (AvgIpc) is 2.52. The second kappa shape index (κ2) is 7.11. The highest BCUT2D eigenvalue weighted by Crippen LogP contribution is 2.21. The van der Waals surface area contributed by atoms with Crippen molar-refractivity contribution in [3.05, 3.63) is 59.2 Å². The molecule has 0 saturated carbocycles. The van der Waals surface area contributed by atoms with Gasteiger partial charge in [0.1, 0.15) is 9.79 Å². The van der Waals surface area contributed by atoms with Gasteiger partial charge < -0.3 is 4.74 Å². The highest BCUT2D eigenvalue weighted by atomic mass is 32.2. The molecule has 2 aromatic carbocycles. The lowest BCUT2D eigenvalue weighted by Gasteiger charge is -2.08. The number of hydrogen-bond donors (Lipinski definition) is 2. The standard InChI is InChI=1S/C14H8F2O9S2/c15-11-7(3-1-5-9(11)26(19,20)21)13(17)25-14(18)8-4-2-6-10(12(8)16)27(22,23)24/h1-6H,(H,19,20,21)(H,22,23,24). The maximum Gasteiger partial charge on any atom is 0.349 e. The van der Waals surface area contributed by atoms with Crippen LogP contribution in [0.4, 0.5) is 8.78 Å². The molecule has 0 unspecified atom stereocenters. The monoisotopic (exact) mass is 422 g/mol. The van der Waals surface area contributed by atoms with E-state index in [0.29, 0.717) is 12.1 Å². The number of rotatable bonds is 4. The van der Waals surface area contributed by atoms with E-state index in [1.54, 1.807) is 0 Å². The molecule has 13 heteroatoms. The Labute approximate surface area is 150 Å². The summed E-state index contributed by atoms with van der Waals surface area (Å²) in [5, 5.41) is 0. The summed E-state index contributed by atoms with van der Waals surface area (Å²) in [6, 6.07) is 4.46. The van der Waals surface area contributed by atoms with E-state index in [2.05, 4.69) is 4.74 Å². The molecule has 0 fully saturated rings. The van der Waals surface area contributed by atoms with Crippen molar-refractivity contribution in [2.45, 2.75) is 9.79 Å². The zero-order chi connectivity index (χ0) is 20.6. The second-order valence-electron chi connectivity index (χ2n) is 4.86. The molecule has 144 valence electrons. The van der Waals surface area contributed by atoms with Gasteiger partial charge >= 0.3 is 11.9 Å². The number of halogens is 2. The highest BCUT2D eigenvalue weighted by Gasteiger charge is 2.27. The average molecular weight is 422 g/mol. The Morgan fingerprint density at radius 2 is 1.07 bits per heavy atom. The van der Waals surface area contributed by atoms with Gasteiger partial charge in [-0.15, -0.1) is 0 Å². The van der Waals surface area contributed by atoms with E-state index >= 15 is 0 Å². The minimum atomic E-state index is -5.02. The van der Waals surface area contributed by atoms with Crippen LogP contribution < -0.4 is 0 Å². The first kappa shape index (κ1) is 20.6. The third-order valence-corrected chi connectivity index (χ3v) is 4.85. The van der Waals surface area contributed by atoms with Crippen LogP contribution in [-0.4, -0.2) is 37.9 Å². The third kappa shape index (κ3) is 4.33. The van der Waals surface area contributed by atoms with E-state index in [1.165, 1.54) is 0 Å². The number of esters is 2. The molecule has 9 nitrogen and oxygen atoms in total. The molecule has 2 aromatic rings. The van der Waals surface area contributed by atoms with E-state index in [4.69, 9.17) is 9.11 Å². The molecule has 2 rings (SSSR count). The van der Waals surface area contributed by atoms with Crippen molar-refractivity contribution in [1.29, 1.82) is 0 Å². The zero-order valence-electron chi connectivity index (χ0n) is 12.8. The largest absolute Gasteiger partial charge is 0.386 e. The molecule has 0 saturated heterocycles. The fourth-order valence-electron chi connectivity index (χ4n) is 1.93. The van der Waals surface area contributed by atoms with Gasteiger partial charge in [-0.3, -0.25) is 9.11 Å². The molecule has 0 aliphatic carbocycles. The molecule has 0 spiro atoms. The topological polar surface area (TPSA) is 152 Å². The lowest BCUT2D eigenvalue weighted by molar-refractivity contribution is 0.0391. The van der Waals surface area contributed by atoms with Crippen LogP contribution in [0.1, 0.15) is 20.7 Å². The first-order chi connectivity index (χ1) is 12.3. The number of hydrogen-bond acceptors (Lipinski definition) is 7.